The van der Waals surface area contributed by atoms with E-state index in [9.17, 15) is 9.90 Å². The first-order valence-corrected chi connectivity index (χ1v) is 11.2. The van der Waals surface area contributed by atoms with Gasteiger partial charge in [-0.15, -0.1) is 0 Å². The van der Waals surface area contributed by atoms with E-state index in [1.807, 2.05) is 12.1 Å². The molecular weight excluding hydrogens is 362 g/mol. The highest BCUT2D eigenvalue weighted by atomic mass is 16.3. The second kappa shape index (κ2) is 7.69. The van der Waals surface area contributed by atoms with Crippen molar-refractivity contribution in [3.63, 3.8) is 0 Å². The van der Waals surface area contributed by atoms with Crippen molar-refractivity contribution in [1.29, 1.82) is 0 Å². The summed E-state index contributed by atoms with van der Waals surface area (Å²) in [4.78, 5) is 23.2. The van der Waals surface area contributed by atoms with Crippen molar-refractivity contribution in [3.05, 3.63) is 42.1 Å². The minimum atomic E-state index is -0.346. The largest absolute Gasteiger partial charge is 0.393 e. The van der Waals surface area contributed by atoms with Crippen LogP contribution in [0.15, 0.2) is 36.4 Å². The van der Waals surface area contributed by atoms with Gasteiger partial charge in [-0.25, -0.2) is 0 Å². The number of amides is 1. The zero-order valence-electron chi connectivity index (χ0n) is 17.1. The van der Waals surface area contributed by atoms with Crippen molar-refractivity contribution >= 4 is 16.8 Å². The van der Waals surface area contributed by atoms with Gasteiger partial charge < -0.3 is 10.0 Å². The van der Waals surface area contributed by atoms with E-state index in [1.54, 1.807) is 0 Å². The molecule has 1 spiro atoms. The number of carbonyl (C=O) groups is 1. The molecule has 1 aromatic heterocycles. The Bertz CT molecular complexity index is 893. The number of carbonyl (C=O) groups excluding carboxylic acids is 1. The van der Waals surface area contributed by atoms with Crippen LogP contribution >= 0.6 is 0 Å². The van der Waals surface area contributed by atoms with Crippen LogP contribution < -0.4 is 0 Å². The summed E-state index contributed by atoms with van der Waals surface area (Å²) in [6, 6.07) is 12.8. The predicted octanol–water partition coefficient (Wildman–Crippen LogP) is 3.50. The number of aromatic nitrogens is 1. The molecule has 2 aromatic rings. The van der Waals surface area contributed by atoms with Gasteiger partial charge in [-0.05, 0) is 70.0 Å². The van der Waals surface area contributed by atoms with Crippen LogP contribution in [0.25, 0.3) is 10.9 Å². The summed E-state index contributed by atoms with van der Waals surface area (Å²) in [5, 5.41) is 11.0. The van der Waals surface area contributed by atoms with Crippen LogP contribution in [-0.2, 0) is 11.3 Å². The standard InChI is InChI=1S/C24H31N3O2/c28-21-11-9-20(10-12-21)27-16-4-14-24(23(27)29)13-3-15-26(24)17-19-8-7-18-5-1-2-6-22(18)25-19/h1-2,5-8,20-21,28H,3-4,9-17H2. The number of nitrogens with zero attached hydrogens (tertiary/aromatic N) is 3. The Kier molecular flexibility index (Phi) is 5.04. The average Bonchev–Trinajstić information content (AvgIpc) is 3.14. The predicted molar refractivity (Wildman–Crippen MR) is 113 cm³/mol. The van der Waals surface area contributed by atoms with Crippen LogP contribution in [0.1, 0.15) is 57.1 Å². The number of hydrogen-bond acceptors (Lipinski definition) is 4. The van der Waals surface area contributed by atoms with E-state index in [-0.39, 0.29) is 11.6 Å². The van der Waals surface area contributed by atoms with Crippen LogP contribution in [0.4, 0.5) is 0 Å². The number of likely N-dealkylation sites (tertiary alicyclic amines) is 2. The van der Waals surface area contributed by atoms with Gasteiger partial charge in [0.15, 0.2) is 0 Å². The lowest BCUT2D eigenvalue weighted by atomic mass is 9.82. The number of aliphatic hydroxyl groups excluding tert-OH is 1. The van der Waals surface area contributed by atoms with Gasteiger partial charge in [0.25, 0.3) is 0 Å². The molecule has 5 nitrogen and oxygen atoms in total. The second-order valence-corrected chi connectivity index (χ2v) is 9.12. The van der Waals surface area contributed by atoms with Gasteiger partial charge in [-0.3, -0.25) is 14.7 Å². The molecule has 1 aliphatic carbocycles. The molecule has 3 aliphatic rings. The second-order valence-electron chi connectivity index (χ2n) is 9.12. The summed E-state index contributed by atoms with van der Waals surface area (Å²) in [6.07, 6.45) is 7.43. The third-order valence-electron chi connectivity index (χ3n) is 7.39. The zero-order valence-corrected chi connectivity index (χ0v) is 17.1. The highest BCUT2D eigenvalue weighted by Crippen LogP contribution is 2.41. The van der Waals surface area contributed by atoms with E-state index in [2.05, 4.69) is 34.1 Å². The van der Waals surface area contributed by atoms with Gasteiger partial charge in [-0.1, -0.05) is 24.3 Å². The number of aliphatic hydroxyl groups is 1. The van der Waals surface area contributed by atoms with Crippen LogP contribution in [0.3, 0.4) is 0 Å². The number of pyridine rings is 1. The zero-order chi connectivity index (χ0) is 19.8. The summed E-state index contributed by atoms with van der Waals surface area (Å²) < 4.78 is 0. The normalized spacial score (nSPS) is 31.1. The molecule has 1 aromatic carbocycles. The van der Waals surface area contributed by atoms with Crippen molar-refractivity contribution in [2.45, 2.75) is 75.6 Å². The number of para-hydroxylation sites is 1. The van der Waals surface area contributed by atoms with Crippen molar-refractivity contribution in [2.24, 2.45) is 0 Å². The lowest BCUT2D eigenvalue weighted by Gasteiger charge is -2.48. The molecule has 1 saturated carbocycles. The minimum absolute atomic E-state index is 0.179. The Hall–Kier alpha value is -1.98. The van der Waals surface area contributed by atoms with Gasteiger partial charge in [0.1, 0.15) is 5.54 Å². The van der Waals surface area contributed by atoms with Crippen LogP contribution in [0.2, 0.25) is 0 Å². The van der Waals surface area contributed by atoms with E-state index < -0.39 is 0 Å². The molecule has 2 saturated heterocycles. The number of rotatable bonds is 3. The highest BCUT2D eigenvalue weighted by molar-refractivity contribution is 5.88. The number of benzene rings is 1. The topological polar surface area (TPSA) is 56.7 Å². The lowest BCUT2D eigenvalue weighted by molar-refractivity contribution is -0.152. The maximum absolute atomic E-state index is 13.7. The van der Waals surface area contributed by atoms with Gasteiger partial charge in [0.05, 0.1) is 17.3 Å². The minimum Gasteiger partial charge on any atom is -0.393 e. The molecule has 1 amide bonds. The molecule has 3 fully saturated rings. The summed E-state index contributed by atoms with van der Waals surface area (Å²) in [5.74, 6) is 0.337. The Morgan fingerprint density at radius 2 is 1.76 bits per heavy atom. The molecule has 5 rings (SSSR count). The molecule has 1 N–H and O–H groups in total. The van der Waals surface area contributed by atoms with Crippen molar-refractivity contribution in [3.8, 4) is 0 Å². The molecule has 5 heteroatoms. The number of piperidine rings is 1. The summed E-state index contributed by atoms with van der Waals surface area (Å²) in [7, 11) is 0. The van der Waals surface area contributed by atoms with E-state index in [0.29, 0.717) is 11.9 Å². The summed E-state index contributed by atoms with van der Waals surface area (Å²) >= 11 is 0. The Morgan fingerprint density at radius 3 is 2.59 bits per heavy atom. The van der Waals surface area contributed by atoms with E-state index in [4.69, 9.17) is 4.98 Å². The lowest BCUT2D eigenvalue weighted by Crippen LogP contribution is -2.62. The van der Waals surface area contributed by atoms with E-state index in [1.165, 1.54) is 0 Å². The van der Waals surface area contributed by atoms with E-state index >= 15 is 0 Å². The fourth-order valence-electron chi connectivity index (χ4n) is 5.82. The molecule has 0 radical (unpaired) electrons. The number of fused-ring (bicyclic) bond motifs is 1. The van der Waals surface area contributed by atoms with Gasteiger partial charge >= 0.3 is 0 Å². The van der Waals surface area contributed by atoms with E-state index in [0.717, 1.165) is 87.6 Å². The molecular formula is C24H31N3O2. The van der Waals surface area contributed by atoms with Crippen molar-refractivity contribution in [1.82, 2.24) is 14.8 Å². The van der Waals surface area contributed by atoms with Crippen LogP contribution in [-0.4, -0.2) is 56.6 Å². The Morgan fingerprint density at radius 1 is 1.00 bits per heavy atom. The third kappa shape index (κ3) is 3.44. The molecule has 1 atom stereocenters. The number of hydrogen-bond donors (Lipinski definition) is 1. The smallest absolute Gasteiger partial charge is 0.243 e. The molecule has 29 heavy (non-hydrogen) atoms. The van der Waals surface area contributed by atoms with Gasteiger partial charge in [-0.2, -0.15) is 0 Å². The first-order valence-electron chi connectivity index (χ1n) is 11.2. The summed E-state index contributed by atoms with van der Waals surface area (Å²) in [6.45, 7) is 2.59. The molecule has 154 valence electrons. The average molecular weight is 394 g/mol. The maximum atomic E-state index is 13.7. The fourth-order valence-corrected chi connectivity index (χ4v) is 5.82. The van der Waals surface area contributed by atoms with Crippen molar-refractivity contribution in [2.75, 3.05) is 13.1 Å². The molecule has 2 aliphatic heterocycles. The Labute approximate surface area is 172 Å². The quantitative estimate of drug-likeness (QED) is 0.867. The fraction of sp³-hybridized carbons (Fsp3) is 0.583. The highest BCUT2D eigenvalue weighted by Gasteiger charge is 2.52. The van der Waals surface area contributed by atoms with Gasteiger partial charge in [0, 0.05) is 24.5 Å². The van der Waals surface area contributed by atoms with Crippen LogP contribution in [0, 0.1) is 0 Å². The molecule has 0 bridgehead atoms. The monoisotopic (exact) mass is 393 g/mol. The molecule has 3 heterocycles. The van der Waals surface area contributed by atoms with Gasteiger partial charge in [0.2, 0.25) is 5.91 Å². The van der Waals surface area contributed by atoms with Crippen molar-refractivity contribution < 1.29 is 9.90 Å². The Balaban J connectivity index is 1.37. The SMILES string of the molecule is O=C1N(C2CCC(O)CC2)CCCC12CCCN2Cc1ccc2ccccc2n1. The van der Waals surface area contributed by atoms with Crippen LogP contribution in [0.5, 0.6) is 0 Å². The maximum Gasteiger partial charge on any atom is 0.243 e. The molecule has 1 unspecified atom stereocenters. The third-order valence-corrected chi connectivity index (χ3v) is 7.39. The first-order chi connectivity index (χ1) is 14.2. The summed E-state index contributed by atoms with van der Waals surface area (Å²) in [5.41, 5.74) is 1.73. The first kappa shape index (κ1) is 19.0.